The third-order valence-electron chi connectivity index (χ3n) is 4.95. The van der Waals surface area contributed by atoms with Crippen LogP contribution in [0.15, 0.2) is 10.8 Å². The number of nitrogen functional groups attached to an aromatic ring is 1. The number of nitrogens with two attached hydrogens (primary N) is 1. The van der Waals surface area contributed by atoms with Crippen molar-refractivity contribution >= 4 is 34.5 Å². The predicted octanol–water partition coefficient (Wildman–Crippen LogP) is 2.75. The van der Waals surface area contributed by atoms with E-state index >= 15 is 0 Å². The van der Waals surface area contributed by atoms with Crippen LogP contribution >= 0.6 is 11.6 Å². The number of imidazole rings is 1. The fourth-order valence-corrected chi connectivity index (χ4v) is 3.70. The van der Waals surface area contributed by atoms with Gasteiger partial charge in [0.2, 0.25) is 0 Å². The van der Waals surface area contributed by atoms with E-state index in [-0.39, 0.29) is 29.8 Å². The molecule has 0 bridgehead atoms. The van der Waals surface area contributed by atoms with Crippen molar-refractivity contribution in [2.75, 3.05) is 32.0 Å². The number of ether oxygens (including phenoxy) is 3. The average molecular weight is 480 g/mol. The number of carbonyl (C=O) groups is 1. The van der Waals surface area contributed by atoms with Crippen molar-refractivity contribution in [1.29, 1.82) is 0 Å². The van der Waals surface area contributed by atoms with Crippen molar-refractivity contribution in [2.24, 2.45) is 0 Å². The van der Waals surface area contributed by atoms with Crippen LogP contribution in [0.2, 0.25) is 5.15 Å². The summed E-state index contributed by atoms with van der Waals surface area (Å²) in [5, 5.41) is 7.69. The van der Waals surface area contributed by atoms with E-state index in [1.165, 1.54) is 6.20 Å². The number of amides is 1. The molecule has 12 nitrogen and oxygen atoms in total. The maximum atomic E-state index is 12.4. The lowest BCUT2D eigenvalue weighted by atomic mass is 10.2. The Kier molecular flexibility index (Phi) is 6.30. The topological polar surface area (TPSA) is 144 Å². The van der Waals surface area contributed by atoms with Crippen LogP contribution in [0.4, 0.5) is 10.6 Å². The number of fused-ring (bicyclic) bond motifs is 1. The molecule has 0 aliphatic carbocycles. The SMILES string of the molecule is CCn1c(-c2nonc2N)nc2c(Cl)ncc(OC[C@@H]3CN(C(=O)OC(C)(C)C)CCO3)c21. The molecule has 33 heavy (non-hydrogen) atoms. The van der Waals surface area contributed by atoms with Crippen molar-refractivity contribution in [2.45, 2.75) is 45.9 Å². The van der Waals surface area contributed by atoms with Gasteiger partial charge in [-0.15, -0.1) is 0 Å². The van der Waals surface area contributed by atoms with E-state index in [0.717, 1.165) is 0 Å². The molecule has 1 fully saturated rings. The number of anilines is 1. The lowest BCUT2D eigenvalue weighted by Gasteiger charge is -2.34. The first-order valence-corrected chi connectivity index (χ1v) is 10.9. The zero-order chi connectivity index (χ0) is 23.8. The molecule has 4 heterocycles. The molecule has 13 heteroatoms. The highest BCUT2D eigenvalue weighted by Gasteiger charge is 2.29. The summed E-state index contributed by atoms with van der Waals surface area (Å²) in [7, 11) is 0. The maximum Gasteiger partial charge on any atom is 0.410 e. The second-order valence-corrected chi connectivity index (χ2v) is 8.88. The second kappa shape index (κ2) is 9.02. The van der Waals surface area contributed by atoms with Gasteiger partial charge in [-0.05, 0) is 38.0 Å². The number of aryl methyl sites for hydroxylation is 1. The minimum Gasteiger partial charge on any atom is -0.487 e. The molecule has 0 aromatic carbocycles. The minimum atomic E-state index is -0.568. The first-order chi connectivity index (χ1) is 15.7. The van der Waals surface area contributed by atoms with Gasteiger partial charge in [0.15, 0.2) is 28.2 Å². The molecule has 1 amide bonds. The van der Waals surface area contributed by atoms with Crippen LogP contribution in [0.5, 0.6) is 5.75 Å². The number of nitrogens with zero attached hydrogens (tertiary/aromatic N) is 6. The summed E-state index contributed by atoms with van der Waals surface area (Å²) in [6, 6.07) is 0. The van der Waals surface area contributed by atoms with Crippen LogP contribution in [0.25, 0.3) is 22.6 Å². The van der Waals surface area contributed by atoms with E-state index in [0.29, 0.717) is 54.5 Å². The van der Waals surface area contributed by atoms with Gasteiger partial charge in [-0.2, -0.15) is 0 Å². The molecule has 0 saturated carbocycles. The molecular formula is C20H26ClN7O5. The average Bonchev–Trinajstić information content (AvgIpc) is 3.36. The summed E-state index contributed by atoms with van der Waals surface area (Å²) < 4.78 is 23.9. The number of halogens is 1. The van der Waals surface area contributed by atoms with E-state index in [1.54, 1.807) is 4.90 Å². The molecule has 4 rings (SSSR count). The Hall–Kier alpha value is -3.12. The third kappa shape index (κ3) is 4.81. The first-order valence-electron chi connectivity index (χ1n) is 10.5. The highest BCUT2D eigenvalue weighted by atomic mass is 35.5. The van der Waals surface area contributed by atoms with Crippen LogP contribution in [-0.4, -0.2) is 73.8 Å². The standard InChI is InChI=1S/C20H26ClN7O5/c1-5-28-15-12(8-23-16(21)13(15)24-18(28)14-17(22)26-33-25-14)31-10-11-9-27(6-7-30-11)19(29)32-20(2,3)4/h8,11H,5-7,9-10H2,1-4H3,(H2,22,26)/t11-/m0/s1. The summed E-state index contributed by atoms with van der Waals surface area (Å²) in [6.45, 7) is 9.34. The molecule has 178 valence electrons. The van der Waals surface area contributed by atoms with Crippen molar-refractivity contribution in [3.63, 3.8) is 0 Å². The number of rotatable bonds is 5. The van der Waals surface area contributed by atoms with E-state index < -0.39 is 5.60 Å². The minimum absolute atomic E-state index is 0.115. The van der Waals surface area contributed by atoms with E-state index in [9.17, 15) is 4.79 Å². The van der Waals surface area contributed by atoms with E-state index in [2.05, 4.69) is 20.3 Å². The maximum absolute atomic E-state index is 12.4. The van der Waals surface area contributed by atoms with Crippen molar-refractivity contribution in [3.05, 3.63) is 11.3 Å². The zero-order valence-electron chi connectivity index (χ0n) is 18.9. The van der Waals surface area contributed by atoms with Crippen molar-refractivity contribution in [1.82, 2.24) is 29.7 Å². The highest BCUT2D eigenvalue weighted by Crippen LogP contribution is 2.34. The molecule has 1 aliphatic heterocycles. The summed E-state index contributed by atoms with van der Waals surface area (Å²) >= 11 is 6.31. The number of morpholine rings is 1. The van der Waals surface area contributed by atoms with Crippen molar-refractivity contribution < 1.29 is 23.6 Å². The van der Waals surface area contributed by atoms with Gasteiger partial charge in [-0.25, -0.2) is 19.4 Å². The monoisotopic (exact) mass is 479 g/mol. The lowest BCUT2D eigenvalue weighted by molar-refractivity contribution is -0.0556. The molecule has 0 unspecified atom stereocenters. The Morgan fingerprint density at radius 3 is 2.82 bits per heavy atom. The van der Waals surface area contributed by atoms with Crippen LogP contribution in [0.1, 0.15) is 27.7 Å². The Bertz CT molecular complexity index is 1160. The Morgan fingerprint density at radius 1 is 1.36 bits per heavy atom. The van der Waals surface area contributed by atoms with Gasteiger partial charge in [-0.3, -0.25) is 0 Å². The summed E-state index contributed by atoms with van der Waals surface area (Å²) in [4.78, 5) is 22.8. The van der Waals surface area contributed by atoms with Gasteiger partial charge in [-0.1, -0.05) is 11.6 Å². The molecule has 3 aromatic heterocycles. The number of hydrogen-bond acceptors (Lipinski definition) is 10. The molecule has 2 N–H and O–H groups in total. The van der Waals surface area contributed by atoms with Crippen LogP contribution in [0, 0.1) is 0 Å². The quantitative estimate of drug-likeness (QED) is 0.542. The number of carbonyl (C=O) groups excluding carboxylic acids is 1. The third-order valence-corrected chi connectivity index (χ3v) is 5.23. The van der Waals surface area contributed by atoms with Crippen molar-refractivity contribution in [3.8, 4) is 17.3 Å². The highest BCUT2D eigenvalue weighted by molar-refractivity contribution is 6.34. The number of pyridine rings is 1. The lowest BCUT2D eigenvalue weighted by Crippen LogP contribution is -2.49. The molecule has 0 radical (unpaired) electrons. The number of aromatic nitrogens is 5. The zero-order valence-corrected chi connectivity index (χ0v) is 19.6. The van der Waals surface area contributed by atoms with Crippen LogP contribution < -0.4 is 10.5 Å². The predicted molar refractivity (Wildman–Crippen MR) is 119 cm³/mol. The first kappa shape index (κ1) is 23.1. The fourth-order valence-electron chi connectivity index (χ4n) is 3.52. The smallest absolute Gasteiger partial charge is 0.410 e. The van der Waals surface area contributed by atoms with E-state index in [1.807, 2.05) is 32.3 Å². The normalized spacial score (nSPS) is 16.9. The van der Waals surface area contributed by atoms with Gasteiger partial charge < -0.3 is 29.4 Å². The Balaban J connectivity index is 1.56. The molecule has 1 saturated heterocycles. The van der Waals surface area contributed by atoms with Gasteiger partial charge in [0, 0.05) is 13.1 Å². The number of hydrogen-bond donors (Lipinski definition) is 1. The van der Waals surface area contributed by atoms with Gasteiger partial charge in [0.25, 0.3) is 0 Å². The Labute approximate surface area is 194 Å². The summed E-state index contributed by atoms with van der Waals surface area (Å²) in [5.74, 6) is 1.02. The summed E-state index contributed by atoms with van der Waals surface area (Å²) in [5.41, 5.74) is 6.67. The molecule has 0 spiro atoms. The summed E-state index contributed by atoms with van der Waals surface area (Å²) in [6.07, 6.45) is 0.810. The molecular weight excluding hydrogens is 454 g/mol. The van der Waals surface area contributed by atoms with Crippen LogP contribution in [-0.2, 0) is 16.0 Å². The van der Waals surface area contributed by atoms with Gasteiger partial charge >= 0.3 is 6.09 Å². The van der Waals surface area contributed by atoms with Gasteiger partial charge in [0.1, 0.15) is 29.3 Å². The Morgan fingerprint density at radius 2 is 2.15 bits per heavy atom. The molecule has 1 atom stereocenters. The van der Waals surface area contributed by atoms with E-state index in [4.69, 9.17) is 36.2 Å². The largest absolute Gasteiger partial charge is 0.487 e. The van der Waals surface area contributed by atoms with Crippen LogP contribution in [0.3, 0.4) is 0 Å². The second-order valence-electron chi connectivity index (χ2n) is 8.52. The molecule has 1 aliphatic rings. The van der Waals surface area contributed by atoms with Gasteiger partial charge in [0.05, 0.1) is 19.3 Å². The molecule has 3 aromatic rings. The fraction of sp³-hybridized carbons (Fsp3) is 0.550.